The van der Waals surface area contributed by atoms with Crippen molar-refractivity contribution in [1.82, 2.24) is 0 Å². The van der Waals surface area contributed by atoms with Crippen LogP contribution in [0.25, 0.3) is 0 Å². The highest BCUT2D eigenvalue weighted by atomic mass is 127. The van der Waals surface area contributed by atoms with Gasteiger partial charge in [0.1, 0.15) is 0 Å². The van der Waals surface area contributed by atoms with Gasteiger partial charge in [0.15, 0.2) is 5.78 Å². The van der Waals surface area contributed by atoms with Gasteiger partial charge in [-0.05, 0) is 40.3 Å². The van der Waals surface area contributed by atoms with E-state index in [1.807, 2.05) is 18.2 Å². The van der Waals surface area contributed by atoms with E-state index < -0.39 is 0 Å². The lowest BCUT2D eigenvalue weighted by Crippen LogP contribution is -2.04. The monoisotopic (exact) mass is 372 g/mol. The van der Waals surface area contributed by atoms with Gasteiger partial charge in [0.2, 0.25) is 0 Å². The zero-order chi connectivity index (χ0) is 9.84. The minimum absolute atomic E-state index is 0.0450. The Labute approximate surface area is 104 Å². The number of Topliss-reactive ketones (excluding diaryl/α,β-unsaturated/α-hetero) is 1. The molecule has 1 nitrogen and oxygen atoms in total. The number of ketones is 1. The zero-order valence-electron chi connectivity index (χ0n) is 6.69. The molecule has 0 unspecified atom stereocenters. The van der Waals surface area contributed by atoms with E-state index >= 15 is 0 Å². The maximum absolute atomic E-state index is 11.1. The van der Waals surface area contributed by atoms with Gasteiger partial charge < -0.3 is 0 Å². The number of carbonyl (C=O) groups is 1. The minimum atomic E-state index is 0.0450. The predicted molar refractivity (Wildman–Crippen MR) is 66.3 cm³/mol. The summed E-state index contributed by atoms with van der Waals surface area (Å²) < 4.78 is 2.12. The Morgan fingerprint density at radius 2 is 2.23 bits per heavy atom. The number of carbonyl (C=O) groups excluding carboxylic acids is 1. The average molecular weight is 373 g/mol. The SMILES string of the molecule is O=C(CCl)Cc1ccc(I)cc1Br. The molecule has 0 spiro atoms. The van der Waals surface area contributed by atoms with Crippen LogP contribution in [-0.2, 0) is 11.2 Å². The lowest BCUT2D eigenvalue weighted by molar-refractivity contribution is -0.116. The molecule has 0 radical (unpaired) electrons. The van der Waals surface area contributed by atoms with Gasteiger partial charge in [-0.2, -0.15) is 0 Å². The van der Waals surface area contributed by atoms with Gasteiger partial charge in [0.25, 0.3) is 0 Å². The Balaban J connectivity index is 2.83. The first-order chi connectivity index (χ1) is 6.13. The van der Waals surface area contributed by atoms with Crippen LogP contribution in [0.2, 0.25) is 0 Å². The van der Waals surface area contributed by atoms with Crippen LogP contribution in [0, 0.1) is 3.57 Å². The maximum Gasteiger partial charge on any atom is 0.151 e. The van der Waals surface area contributed by atoms with E-state index in [2.05, 4.69) is 38.5 Å². The molecule has 0 N–H and O–H groups in total. The summed E-state index contributed by atoms with van der Waals surface area (Å²) >= 11 is 11.0. The molecular formula is C9H7BrClIO. The second kappa shape index (κ2) is 5.32. The van der Waals surface area contributed by atoms with E-state index in [9.17, 15) is 4.79 Å². The third-order valence-corrected chi connectivity index (χ3v) is 3.26. The molecule has 1 aromatic carbocycles. The molecule has 0 fully saturated rings. The molecule has 1 aromatic rings. The van der Waals surface area contributed by atoms with E-state index in [1.165, 1.54) is 0 Å². The zero-order valence-corrected chi connectivity index (χ0v) is 11.2. The molecule has 0 heterocycles. The van der Waals surface area contributed by atoms with Crippen LogP contribution in [0.4, 0.5) is 0 Å². The molecule has 0 amide bonds. The summed E-state index contributed by atoms with van der Waals surface area (Å²) in [6.07, 6.45) is 0.404. The fraction of sp³-hybridized carbons (Fsp3) is 0.222. The van der Waals surface area contributed by atoms with Gasteiger partial charge >= 0.3 is 0 Å². The number of halogens is 3. The highest BCUT2D eigenvalue weighted by molar-refractivity contribution is 14.1. The van der Waals surface area contributed by atoms with Crippen molar-refractivity contribution in [3.8, 4) is 0 Å². The number of benzene rings is 1. The van der Waals surface area contributed by atoms with Gasteiger partial charge in [-0.25, -0.2) is 0 Å². The molecule has 13 heavy (non-hydrogen) atoms. The Kier molecular flexibility index (Phi) is 4.69. The van der Waals surface area contributed by atoms with E-state index in [0.29, 0.717) is 6.42 Å². The van der Waals surface area contributed by atoms with Gasteiger partial charge in [0, 0.05) is 14.5 Å². The second-order valence-electron chi connectivity index (χ2n) is 2.58. The highest BCUT2D eigenvalue weighted by Crippen LogP contribution is 2.20. The van der Waals surface area contributed by atoms with Crippen LogP contribution in [0.3, 0.4) is 0 Å². The molecule has 70 valence electrons. The van der Waals surface area contributed by atoms with Crippen molar-refractivity contribution in [2.24, 2.45) is 0 Å². The molecule has 0 atom stereocenters. The van der Waals surface area contributed by atoms with Crippen molar-refractivity contribution in [3.63, 3.8) is 0 Å². The summed E-state index contributed by atoms with van der Waals surface area (Å²) in [5.74, 6) is 0.127. The molecule has 1 rings (SSSR count). The summed E-state index contributed by atoms with van der Waals surface area (Å²) in [6.45, 7) is 0. The van der Waals surface area contributed by atoms with E-state index in [1.54, 1.807) is 0 Å². The topological polar surface area (TPSA) is 17.1 Å². The van der Waals surface area contributed by atoms with Gasteiger partial charge in [-0.1, -0.05) is 22.0 Å². The highest BCUT2D eigenvalue weighted by Gasteiger charge is 2.05. The predicted octanol–water partition coefficient (Wildman–Crippen LogP) is 3.40. The number of hydrogen-bond acceptors (Lipinski definition) is 1. The minimum Gasteiger partial charge on any atom is -0.298 e. The van der Waals surface area contributed by atoms with Crippen molar-refractivity contribution < 1.29 is 4.79 Å². The Bertz CT molecular complexity index is 327. The van der Waals surface area contributed by atoms with Crippen LogP contribution in [0.5, 0.6) is 0 Å². The van der Waals surface area contributed by atoms with Crippen molar-refractivity contribution in [2.45, 2.75) is 6.42 Å². The first kappa shape index (κ1) is 11.5. The van der Waals surface area contributed by atoms with Crippen molar-refractivity contribution >= 4 is 55.9 Å². The van der Waals surface area contributed by atoms with Crippen LogP contribution in [-0.4, -0.2) is 11.7 Å². The smallest absolute Gasteiger partial charge is 0.151 e. The number of alkyl halides is 1. The van der Waals surface area contributed by atoms with E-state index in [4.69, 9.17) is 11.6 Å². The molecule has 0 saturated carbocycles. The Hall–Kier alpha value is 0.390. The van der Waals surface area contributed by atoms with Crippen molar-refractivity contribution in [1.29, 1.82) is 0 Å². The summed E-state index contributed by atoms with van der Waals surface area (Å²) in [5.41, 5.74) is 0.992. The number of rotatable bonds is 3. The largest absolute Gasteiger partial charge is 0.298 e. The fourth-order valence-electron chi connectivity index (χ4n) is 0.925. The molecule has 0 aliphatic heterocycles. The lowest BCUT2D eigenvalue weighted by Gasteiger charge is -2.02. The lowest BCUT2D eigenvalue weighted by atomic mass is 10.1. The third kappa shape index (κ3) is 3.56. The summed E-state index contributed by atoms with van der Waals surface area (Å²) in [7, 11) is 0. The number of hydrogen-bond donors (Lipinski definition) is 0. The van der Waals surface area contributed by atoms with Crippen molar-refractivity contribution in [3.05, 3.63) is 31.8 Å². The molecular weight excluding hydrogens is 366 g/mol. The standard InChI is InChI=1S/C9H7BrClIO/c10-9-4-7(12)2-1-6(9)3-8(13)5-11/h1-2,4H,3,5H2. The van der Waals surface area contributed by atoms with E-state index in [0.717, 1.165) is 13.6 Å². The Morgan fingerprint density at radius 1 is 1.54 bits per heavy atom. The quantitative estimate of drug-likeness (QED) is 0.586. The van der Waals surface area contributed by atoms with Crippen LogP contribution < -0.4 is 0 Å². The summed E-state index contributed by atoms with van der Waals surface area (Å²) in [5, 5.41) is 0. The van der Waals surface area contributed by atoms with Gasteiger partial charge in [-0.15, -0.1) is 11.6 Å². The fourth-order valence-corrected chi connectivity index (χ4v) is 2.46. The van der Waals surface area contributed by atoms with E-state index in [-0.39, 0.29) is 11.7 Å². The molecule has 0 aromatic heterocycles. The summed E-state index contributed by atoms with van der Waals surface area (Å²) in [6, 6.07) is 5.90. The maximum atomic E-state index is 11.1. The molecule has 0 bridgehead atoms. The van der Waals surface area contributed by atoms with Gasteiger partial charge in [0.05, 0.1) is 5.88 Å². The van der Waals surface area contributed by atoms with Crippen LogP contribution >= 0.6 is 50.1 Å². The Morgan fingerprint density at radius 3 is 2.77 bits per heavy atom. The van der Waals surface area contributed by atoms with Crippen LogP contribution in [0.15, 0.2) is 22.7 Å². The molecule has 0 saturated heterocycles. The average Bonchev–Trinajstić information content (AvgIpc) is 2.09. The first-order valence-electron chi connectivity index (χ1n) is 3.65. The van der Waals surface area contributed by atoms with Crippen molar-refractivity contribution in [2.75, 3.05) is 5.88 Å². The second-order valence-corrected chi connectivity index (χ2v) is 4.95. The molecule has 4 heteroatoms. The normalized spacial score (nSPS) is 10.1. The third-order valence-electron chi connectivity index (χ3n) is 1.55. The van der Waals surface area contributed by atoms with Gasteiger partial charge in [-0.3, -0.25) is 4.79 Å². The molecule has 0 aliphatic rings. The molecule has 0 aliphatic carbocycles. The van der Waals surface area contributed by atoms with Crippen LogP contribution in [0.1, 0.15) is 5.56 Å². The summed E-state index contributed by atoms with van der Waals surface area (Å²) in [4.78, 5) is 11.1. The first-order valence-corrected chi connectivity index (χ1v) is 6.05.